The van der Waals surface area contributed by atoms with Crippen LogP contribution in [0.25, 0.3) is 0 Å². The lowest BCUT2D eigenvalue weighted by molar-refractivity contribution is 0.169. The van der Waals surface area contributed by atoms with Crippen LogP contribution < -0.4 is 0 Å². The lowest BCUT2D eigenvalue weighted by Crippen LogP contribution is -2.48. The molecule has 1 aromatic carbocycles. The van der Waals surface area contributed by atoms with E-state index in [1.54, 1.807) is 4.31 Å². The van der Waals surface area contributed by atoms with Crippen molar-refractivity contribution in [1.82, 2.24) is 4.31 Å². The van der Waals surface area contributed by atoms with Crippen molar-refractivity contribution in [2.24, 2.45) is 0 Å². The number of halogens is 2. The minimum atomic E-state index is -3.81. The molecule has 134 valence electrons. The highest BCUT2D eigenvalue weighted by molar-refractivity contribution is 7.89. The van der Waals surface area contributed by atoms with Gasteiger partial charge < -0.3 is 0 Å². The van der Waals surface area contributed by atoms with Gasteiger partial charge in [-0.15, -0.1) is 0 Å². The minimum Gasteiger partial charge on any atom is -0.207 e. The van der Waals surface area contributed by atoms with Crippen molar-refractivity contribution in [3.8, 4) is 0 Å². The second-order valence-corrected chi connectivity index (χ2v) is 8.84. The molecule has 0 radical (unpaired) electrons. The Morgan fingerprint density at radius 2 is 1.29 bits per heavy atom. The van der Waals surface area contributed by atoms with E-state index in [1.807, 2.05) is 0 Å². The van der Waals surface area contributed by atoms with Gasteiger partial charge in [-0.3, -0.25) is 0 Å². The molecule has 0 heterocycles. The molecular weight excluding hydrogens is 332 g/mol. The highest BCUT2D eigenvalue weighted by Crippen LogP contribution is 2.34. The lowest BCUT2D eigenvalue weighted by Gasteiger charge is -2.40. The van der Waals surface area contributed by atoms with Crippen molar-refractivity contribution in [2.75, 3.05) is 0 Å². The van der Waals surface area contributed by atoms with Crippen LogP contribution in [-0.4, -0.2) is 24.8 Å². The first-order valence-electron chi connectivity index (χ1n) is 8.99. The highest BCUT2D eigenvalue weighted by atomic mass is 32.2. The van der Waals surface area contributed by atoms with Crippen LogP contribution in [0.5, 0.6) is 0 Å². The molecule has 0 unspecified atom stereocenters. The van der Waals surface area contributed by atoms with Crippen LogP contribution in [0, 0.1) is 11.6 Å². The summed E-state index contributed by atoms with van der Waals surface area (Å²) >= 11 is 0. The summed E-state index contributed by atoms with van der Waals surface area (Å²) in [6.07, 6.45) is 9.84. The molecule has 6 heteroatoms. The smallest absolute Gasteiger partial charge is 0.207 e. The summed E-state index contributed by atoms with van der Waals surface area (Å²) in [5, 5.41) is 0. The number of benzene rings is 1. The van der Waals surface area contributed by atoms with E-state index in [4.69, 9.17) is 0 Å². The normalized spacial score (nSPS) is 21.3. The summed E-state index contributed by atoms with van der Waals surface area (Å²) in [5.74, 6) is -2.13. The Kier molecular flexibility index (Phi) is 5.55. The highest BCUT2D eigenvalue weighted by Gasteiger charge is 2.38. The van der Waals surface area contributed by atoms with Gasteiger partial charge in [0.25, 0.3) is 0 Å². The largest absolute Gasteiger partial charge is 0.243 e. The van der Waals surface area contributed by atoms with Crippen LogP contribution in [0.3, 0.4) is 0 Å². The predicted molar refractivity (Wildman–Crippen MR) is 89.1 cm³/mol. The molecule has 1 aromatic rings. The first-order valence-corrected chi connectivity index (χ1v) is 10.4. The zero-order valence-electron chi connectivity index (χ0n) is 13.9. The number of sulfonamides is 1. The molecule has 3 rings (SSSR count). The summed E-state index contributed by atoms with van der Waals surface area (Å²) < 4.78 is 54.9. The van der Waals surface area contributed by atoms with E-state index in [0.29, 0.717) is 0 Å². The molecule has 2 saturated carbocycles. The standard InChI is InChI=1S/C18H25F2NO2S/c19-17-12-11-16(13-18(17)20)24(22,23)21(14-7-3-1-4-8-14)15-9-5-2-6-10-15/h11-15H,1-10H2. The van der Waals surface area contributed by atoms with E-state index in [1.165, 1.54) is 6.07 Å². The van der Waals surface area contributed by atoms with Gasteiger partial charge >= 0.3 is 0 Å². The molecular formula is C18H25F2NO2S. The lowest BCUT2D eigenvalue weighted by atomic mass is 9.91. The first-order chi connectivity index (χ1) is 11.5. The minimum absolute atomic E-state index is 0.0139. The molecule has 0 amide bonds. The van der Waals surface area contributed by atoms with Gasteiger partial charge in [0.05, 0.1) is 4.90 Å². The van der Waals surface area contributed by atoms with E-state index >= 15 is 0 Å². The maximum atomic E-state index is 13.6. The topological polar surface area (TPSA) is 37.4 Å². The Morgan fingerprint density at radius 1 is 0.792 bits per heavy atom. The molecule has 24 heavy (non-hydrogen) atoms. The molecule has 0 saturated heterocycles. The summed E-state index contributed by atoms with van der Waals surface area (Å²) in [5.41, 5.74) is 0. The fraction of sp³-hybridized carbons (Fsp3) is 0.667. The third kappa shape index (κ3) is 3.64. The van der Waals surface area contributed by atoms with Crippen LogP contribution in [0.15, 0.2) is 23.1 Å². The molecule has 0 bridgehead atoms. The predicted octanol–water partition coefficient (Wildman–Crippen LogP) is 4.62. The third-order valence-electron chi connectivity index (χ3n) is 5.34. The summed E-state index contributed by atoms with van der Waals surface area (Å²) in [6.45, 7) is 0. The zero-order chi connectivity index (χ0) is 17.2. The molecule has 2 aliphatic carbocycles. The number of rotatable bonds is 4. The molecule has 2 aliphatic rings. The Labute approximate surface area is 143 Å². The molecule has 0 spiro atoms. The van der Waals surface area contributed by atoms with E-state index in [2.05, 4.69) is 0 Å². The fourth-order valence-electron chi connectivity index (χ4n) is 4.12. The van der Waals surface area contributed by atoms with Gasteiger partial charge in [0.15, 0.2) is 11.6 Å². The average Bonchev–Trinajstić information content (AvgIpc) is 2.59. The van der Waals surface area contributed by atoms with Crippen LogP contribution in [0.2, 0.25) is 0 Å². The van der Waals surface area contributed by atoms with Crippen molar-refractivity contribution >= 4 is 10.0 Å². The Morgan fingerprint density at radius 3 is 1.75 bits per heavy atom. The quantitative estimate of drug-likeness (QED) is 0.788. The van der Waals surface area contributed by atoms with Gasteiger partial charge in [-0.25, -0.2) is 17.2 Å². The second kappa shape index (κ2) is 7.48. The monoisotopic (exact) mass is 357 g/mol. The average molecular weight is 357 g/mol. The fourth-order valence-corrected chi connectivity index (χ4v) is 6.06. The van der Waals surface area contributed by atoms with Gasteiger partial charge in [0, 0.05) is 12.1 Å². The molecule has 3 nitrogen and oxygen atoms in total. The number of hydrogen-bond acceptors (Lipinski definition) is 2. The molecule has 0 aliphatic heterocycles. The maximum Gasteiger partial charge on any atom is 0.243 e. The van der Waals surface area contributed by atoms with Crippen molar-refractivity contribution in [2.45, 2.75) is 81.2 Å². The first kappa shape index (κ1) is 17.8. The number of nitrogens with zero attached hydrogens (tertiary/aromatic N) is 1. The van der Waals surface area contributed by atoms with Gasteiger partial charge in [0.1, 0.15) is 0 Å². The second-order valence-electron chi connectivity index (χ2n) is 6.99. The van der Waals surface area contributed by atoms with Crippen molar-refractivity contribution in [3.05, 3.63) is 29.8 Å². The van der Waals surface area contributed by atoms with Crippen LogP contribution in [-0.2, 0) is 10.0 Å². The Hall–Kier alpha value is -1.01. The van der Waals surface area contributed by atoms with Crippen molar-refractivity contribution in [1.29, 1.82) is 0 Å². The maximum absolute atomic E-state index is 13.6. The molecule has 0 N–H and O–H groups in total. The molecule has 0 atom stereocenters. The van der Waals surface area contributed by atoms with E-state index < -0.39 is 21.7 Å². The van der Waals surface area contributed by atoms with Crippen LogP contribution in [0.1, 0.15) is 64.2 Å². The summed E-state index contributed by atoms with van der Waals surface area (Å²) in [6, 6.07) is 2.89. The van der Waals surface area contributed by atoms with Gasteiger partial charge in [-0.1, -0.05) is 38.5 Å². The zero-order valence-corrected chi connectivity index (χ0v) is 14.7. The Balaban J connectivity index is 1.96. The number of hydrogen-bond donors (Lipinski definition) is 0. The van der Waals surface area contributed by atoms with Crippen LogP contribution >= 0.6 is 0 Å². The van der Waals surface area contributed by atoms with Crippen molar-refractivity contribution < 1.29 is 17.2 Å². The van der Waals surface area contributed by atoms with E-state index in [9.17, 15) is 17.2 Å². The Bertz CT molecular complexity index is 648. The summed E-state index contributed by atoms with van der Waals surface area (Å²) in [7, 11) is -3.81. The van der Waals surface area contributed by atoms with Crippen molar-refractivity contribution in [3.63, 3.8) is 0 Å². The molecule has 2 fully saturated rings. The van der Waals surface area contributed by atoms with Gasteiger partial charge in [-0.05, 0) is 43.9 Å². The van der Waals surface area contributed by atoms with E-state index in [0.717, 1.165) is 76.3 Å². The van der Waals surface area contributed by atoms with E-state index in [-0.39, 0.29) is 17.0 Å². The molecule has 0 aromatic heterocycles. The van der Waals surface area contributed by atoms with Gasteiger partial charge in [0.2, 0.25) is 10.0 Å². The third-order valence-corrected chi connectivity index (χ3v) is 7.34. The van der Waals surface area contributed by atoms with Gasteiger partial charge in [-0.2, -0.15) is 4.31 Å². The van der Waals surface area contributed by atoms with Crippen LogP contribution in [0.4, 0.5) is 8.78 Å². The SMILES string of the molecule is O=S(=O)(c1ccc(F)c(F)c1)N(C1CCCCC1)C1CCCCC1. The summed E-state index contributed by atoms with van der Waals surface area (Å²) in [4.78, 5) is -0.127.